The van der Waals surface area contributed by atoms with E-state index in [1.54, 1.807) is 26.1 Å². The molecule has 4 aromatic heterocycles. The van der Waals surface area contributed by atoms with Gasteiger partial charge < -0.3 is 9.40 Å². The number of fused-ring (bicyclic) bond motifs is 3. The van der Waals surface area contributed by atoms with E-state index >= 15 is 4.39 Å². The van der Waals surface area contributed by atoms with E-state index in [0.29, 0.717) is 38.9 Å². The fraction of sp³-hybridized carbons (Fsp3) is 0.327. The van der Waals surface area contributed by atoms with Crippen LogP contribution < -0.4 is 4.40 Å². The van der Waals surface area contributed by atoms with Crippen molar-refractivity contribution < 1.29 is 35.8 Å². The fourth-order valence-electron chi connectivity index (χ4n) is 7.21. The second kappa shape index (κ2) is 18.1. The summed E-state index contributed by atoms with van der Waals surface area (Å²) in [7, 11) is 0. The van der Waals surface area contributed by atoms with Gasteiger partial charge in [-0.1, -0.05) is 81.5 Å². The van der Waals surface area contributed by atoms with Gasteiger partial charge in [-0.2, -0.15) is 0 Å². The minimum Gasteiger partial charge on any atom is 0 e. The Bertz CT molecular complexity index is 2640. The Morgan fingerprint density at radius 2 is 1.59 bits per heavy atom. The van der Waals surface area contributed by atoms with Crippen molar-refractivity contribution in [3.8, 4) is 33.8 Å². The molecule has 1 saturated carbocycles. The van der Waals surface area contributed by atoms with E-state index in [0.717, 1.165) is 58.2 Å². The molecule has 0 N–H and O–H groups in total. The summed E-state index contributed by atoms with van der Waals surface area (Å²) in [6.45, 7) is 7.37. The van der Waals surface area contributed by atoms with E-state index in [-0.39, 0.29) is 37.5 Å². The van der Waals surface area contributed by atoms with Crippen LogP contribution in [0.1, 0.15) is 82.8 Å². The van der Waals surface area contributed by atoms with Crippen LogP contribution in [-0.4, -0.2) is 28.2 Å². The number of halogens is 1. The molecule has 0 amide bonds. The minimum atomic E-state index is -2.20. The Labute approximate surface area is 355 Å². The minimum absolute atomic E-state index is 0. The Hall–Kier alpha value is -3.97. The summed E-state index contributed by atoms with van der Waals surface area (Å²) in [6, 6.07) is 32.2. The molecule has 3 aromatic carbocycles. The van der Waals surface area contributed by atoms with Crippen molar-refractivity contribution in [2.24, 2.45) is 11.8 Å². The Morgan fingerprint density at radius 1 is 0.875 bits per heavy atom. The maximum atomic E-state index is 15.1. The van der Waals surface area contributed by atoms with Crippen LogP contribution in [0, 0.1) is 29.8 Å². The van der Waals surface area contributed by atoms with Gasteiger partial charge in [0.05, 0.1) is 11.3 Å². The SMILES string of the molecule is [2H]C(C)(C)c1cnc(-c2[c-]cc(F)c3c2oc2nc(-c4ccccc4)ccc23)cc1C([2H])([2H])C1CCCC1.[2H]C([2H])(c1cc(-c2[c-]cccc2)nc[c]1[Ge]([CH3])([CH3])[CH3])C(C)C.[Ir]. The van der Waals surface area contributed by atoms with Crippen LogP contribution in [0.4, 0.5) is 4.39 Å². The van der Waals surface area contributed by atoms with Crippen LogP contribution in [0.3, 0.4) is 0 Å². The zero-order chi connectivity index (χ0) is 43.2. The molecule has 1 aliphatic rings. The molecule has 4 nitrogen and oxygen atoms in total. The van der Waals surface area contributed by atoms with E-state index in [1.807, 2.05) is 92.8 Å². The molecule has 7 heteroatoms. The van der Waals surface area contributed by atoms with Crippen molar-refractivity contribution in [2.45, 2.75) is 89.3 Å². The monoisotopic (exact) mass is 989 g/mol. The van der Waals surface area contributed by atoms with Crippen molar-refractivity contribution in [1.29, 1.82) is 0 Å². The molecule has 0 saturated heterocycles. The van der Waals surface area contributed by atoms with Gasteiger partial charge in [-0.05, 0) is 52.5 Å². The molecule has 1 radical (unpaired) electrons. The van der Waals surface area contributed by atoms with Gasteiger partial charge >= 0.3 is 128 Å². The Kier molecular flexibility index (Phi) is 11.4. The summed E-state index contributed by atoms with van der Waals surface area (Å²) >= 11 is -2.20. The normalized spacial score (nSPS) is 15.3. The van der Waals surface area contributed by atoms with Crippen LogP contribution in [0.2, 0.25) is 17.3 Å². The predicted octanol–water partition coefficient (Wildman–Crippen LogP) is 12.8. The smallest absolute Gasteiger partial charge is 0 e. The van der Waals surface area contributed by atoms with E-state index in [9.17, 15) is 0 Å². The van der Waals surface area contributed by atoms with Crippen molar-refractivity contribution >= 4 is 39.7 Å². The summed E-state index contributed by atoms with van der Waals surface area (Å²) in [4.78, 5) is 13.9. The molecule has 0 bridgehead atoms. The molecule has 0 spiro atoms. The summed E-state index contributed by atoms with van der Waals surface area (Å²) in [5.74, 6) is 5.14. The molecule has 4 heterocycles. The van der Waals surface area contributed by atoms with Gasteiger partial charge in [-0.15, -0.1) is 12.1 Å². The standard InChI is InChI=1S/C31H28FN2O.C18H24GeN.Ir/c1-19(2)25-18-33-28(17-22(25)16-20-8-6-7-9-20)23-12-14-26(32)29-24-13-15-27(21-10-4-3-5-11-21)34-31(24)35-30(23)29;1-14(2)11-16-12-18(15-9-7-6-8-10-15)20-13-17(16)19(3,4)5;/h3-5,10-11,13-15,17-20H,6-9,16H2,1-2H3;6-9,12-14H,11H2,1-5H3;/q2*-1;/i16D2,19D;11D2;. The van der Waals surface area contributed by atoms with Gasteiger partial charge in [-0.25, -0.2) is 4.98 Å². The molecule has 291 valence electrons. The molecule has 1 aliphatic carbocycles. The average molecular weight is 988 g/mol. The largest absolute Gasteiger partial charge is 0 e. The summed E-state index contributed by atoms with van der Waals surface area (Å²) in [5.41, 5.74) is 6.65. The van der Waals surface area contributed by atoms with Gasteiger partial charge in [-0.3, -0.25) is 4.39 Å². The third-order valence-corrected chi connectivity index (χ3v) is 14.2. The number of rotatable bonds is 9. The molecule has 0 aliphatic heterocycles. The van der Waals surface area contributed by atoms with Crippen LogP contribution in [0.25, 0.3) is 55.8 Å². The van der Waals surface area contributed by atoms with Crippen molar-refractivity contribution in [1.82, 2.24) is 15.0 Å². The molecule has 0 atom stereocenters. The van der Waals surface area contributed by atoms with Crippen molar-refractivity contribution in [2.75, 3.05) is 0 Å². The second-order valence-electron chi connectivity index (χ2n) is 15.9. The number of benzene rings is 3. The molecular formula is C49H52FGeIrN3O-2. The van der Waals surface area contributed by atoms with Crippen LogP contribution in [0.15, 0.2) is 102 Å². The van der Waals surface area contributed by atoms with E-state index in [2.05, 4.69) is 44.4 Å². The van der Waals surface area contributed by atoms with Crippen LogP contribution >= 0.6 is 0 Å². The number of hydrogen-bond donors (Lipinski definition) is 0. The topological polar surface area (TPSA) is 51.8 Å². The second-order valence-corrected chi connectivity index (χ2v) is 26.5. The third-order valence-electron chi connectivity index (χ3n) is 9.99. The maximum Gasteiger partial charge on any atom is 0 e. The first-order valence-corrected chi connectivity index (χ1v) is 26.6. The zero-order valence-electron chi connectivity index (χ0n) is 38.2. The number of hydrogen-bond acceptors (Lipinski definition) is 4. The van der Waals surface area contributed by atoms with Gasteiger partial charge in [0, 0.05) is 47.2 Å². The first-order chi connectivity index (χ1) is 28.3. The summed E-state index contributed by atoms with van der Waals surface area (Å²) < 4.78 is 66.4. The van der Waals surface area contributed by atoms with Crippen molar-refractivity contribution in [3.63, 3.8) is 0 Å². The first-order valence-electron chi connectivity index (χ1n) is 21.8. The van der Waals surface area contributed by atoms with E-state index in [1.165, 1.54) is 6.07 Å². The van der Waals surface area contributed by atoms with E-state index < -0.39 is 37.7 Å². The van der Waals surface area contributed by atoms with Gasteiger partial charge in [0.15, 0.2) is 0 Å². The molecule has 0 unspecified atom stereocenters. The maximum absolute atomic E-state index is 15.1. The van der Waals surface area contributed by atoms with E-state index in [4.69, 9.17) is 11.3 Å². The third kappa shape index (κ3) is 9.41. The molecule has 56 heavy (non-hydrogen) atoms. The zero-order valence-corrected chi connectivity index (χ0v) is 37.7. The first kappa shape index (κ1) is 35.2. The van der Waals surface area contributed by atoms with Crippen molar-refractivity contribution in [3.05, 3.63) is 132 Å². The van der Waals surface area contributed by atoms with Crippen LogP contribution in [-0.2, 0) is 32.9 Å². The Morgan fingerprint density at radius 3 is 2.27 bits per heavy atom. The summed E-state index contributed by atoms with van der Waals surface area (Å²) in [5, 5.41) is 0.853. The molecular weight excluding hydrogens is 930 g/mol. The molecule has 1 fully saturated rings. The number of pyridine rings is 3. The Balaban J connectivity index is 0.000000232. The predicted molar refractivity (Wildman–Crippen MR) is 229 cm³/mol. The fourth-order valence-corrected chi connectivity index (χ4v) is 10.2. The van der Waals surface area contributed by atoms with Gasteiger partial charge in [0.1, 0.15) is 0 Å². The summed E-state index contributed by atoms with van der Waals surface area (Å²) in [6.07, 6.45) is 4.16. The average Bonchev–Trinajstić information content (AvgIpc) is 3.91. The number of furan rings is 1. The molecule has 8 rings (SSSR count). The number of aromatic nitrogens is 3. The quantitative estimate of drug-likeness (QED) is 0.107. The van der Waals surface area contributed by atoms with Crippen LogP contribution in [0.5, 0.6) is 0 Å². The van der Waals surface area contributed by atoms with Gasteiger partial charge in [0.2, 0.25) is 5.71 Å². The molecule has 7 aromatic rings. The number of nitrogens with zero attached hydrogens (tertiary/aromatic N) is 3. The van der Waals surface area contributed by atoms with Gasteiger partial charge in [0.25, 0.3) is 0 Å².